The van der Waals surface area contributed by atoms with Gasteiger partial charge in [-0.05, 0) is 236 Å². The summed E-state index contributed by atoms with van der Waals surface area (Å²) in [6.07, 6.45) is 0. The van der Waals surface area contributed by atoms with Crippen molar-refractivity contribution in [3.8, 4) is 100 Å². The molecule has 0 aliphatic heterocycles. The van der Waals surface area contributed by atoms with E-state index in [4.69, 9.17) is 4.42 Å². The van der Waals surface area contributed by atoms with Gasteiger partial charge < -0.3 is 14.2 Å². The third-order valence-electron chi connectivity index (χ3n) is 26.6. The van der Waals surface area contributed by atoms with Gasteiger partial charge in [-0.15, -0.1) is 22.7 Å². The molecule has 0 fully saturated rings. The molecule has 3 heterocycles. The van der Waals surface area contributed by atoms with Crippen LogP contribution in [0.15, 0.2) is 478 Å². The van der Waals surface area contributed by atoms with Crippen molar-refractivity contribution < 1.29 is 4.42 Å². The summed E-state index contributed by atoms with van der Waals surface area (Å²) in [5.74, 6) is 0. The van der Waals surface area contributed by atoms with E-state index < -0.39 is 5.41 Å². The first-order chi connectivity index (χ1) is 63.4. The van der Waals surface area contributed by atoms with Crippen LogP contribution in [0.2, 0.25) is 0 Å². The van der Waals surface area contributed by atoms with Gasteiger partial charge in [0, 0.05) is 84.9 Å². The maximum Gasteiger partial charge on any atom is 0.135 e. The molecular weight excluding hydrogens is 1590 g/mol. The zero-order chi connectivity index (χ0) is 84.3. The highest BCUT2D eigenvalue weighted by Gasteiger charge is 2.48. The monoisotopic (exact) mass is 1660 g/mol. The first kappa shape index (κ1) is 74.6. The molecule has 0 N–H and O–H groups in total. The van der Waals surface area contributed by atoms with Crippen molar-refractivity contribution in [3.05, 3.63) is 495 Å². The second-order valence-electron chi connectivity index (χ2n) is 33.7. The molecule has 1 atom stereocenters. The molecule has 0 spiro atoms. The van der Waals surface area contributed by atoms with E-state index in [1.807, 2.05) is 34.8 Å². The fourth-order valence-corrected chi connectivity index (χ4v) is 22.8. The summed E-state index contributed by atoms with van der Waals surface area (Å²) >= 11 is 3.75. The number of anilines is 6. The number of rotatable bonds is 16. The Kier molecular flexibility index (Phi) is 17.9. The van der Waals surface area contributed by atoms with Crippen molar-refractivity contribution in [2.75, 3.05) is 9.80 Å². The number of fused-ring (bicyclic) bond motifs is 14. The van der Waals surface area contributed by atoms with Crippen LogP contribution in [-0.4, -0.2) is 0 Å². The molecule has 0 amide bonds. The smallest absolute Gasteiger partial charge is 0.135 e. The summed E-state index contributed by atoms with van der Waals surface area (Å²) in [5.41, 5.74) is 33.4. The third-order valence-corrected chi connectivity index (χ3v) is 28.9. The Morgan fingerprint density at radius 2 is 0.594 bits per heavy atom. The van der Waals surface area contributed by atoms with Crippen LogP contribution < -0.4 is 9.80 Å². The number of furan rings is 1. The Morgan fingerprint density at radius 3 is 1.23 bits per heavy atom. The lowest BCUT2D eigenvalue weighted by molar-refractivity contribution is 0.669. The van der Waals surface area contributed by atoms with Gasteiger partial charge in [0.05, 0.1) is 22.5 Å². The molecule has 3 nitrogen and oxygen atoms in total. The van der Waals surface area contributed by atoms with Crippen molar-refractivity contribution >= 4 is 141 Å². The maximum absolute atomic E-state index is 6.29. The van der Waals surface area contributed by atoms with Crippen LogP contribution in [0.25, 0.3) is 184 Å². The average molecular weight is 1660 g/mol. The van der Waals surface area contributed by atoms with E-state index in [1.54, 1.807) is 0 Å². The van der Waals surface area contributed by atoms with Crippen molar-refractivity contribution in [1.29, 1.82) is 0 Å². The Hall–Kier alpha value is -16.0. The Labute approximate surface area is 750 Å². The number of thiophene rings is 2. The van der Waals surface area contributed by atoms with Gasteiger partial charge in [0.25, 0.3) is 0 Å². The van der Waals surface area contributed by atoms with Crippen LogP contribution in [0.4, 0.5) is 34.1 Å². The van der Waals surface area contributed by atoms with Gasteiger partial charge in [0.2, 0.25) is 0 Å². The zero-order valence-electron chi connectivity index (χ0n) is 69.7. The van der Waals surface area contributed by atoms with Gasteiger partial charge in [0.1, 0.15) is 11.2 Å². The van der Waals surface area contributed by atoms with Gasteiger partial charge in [-0.3, -0.25) is 0 Å². The molecule has 24 aromatic rings. The number of para-hydroxylation sites is 3. The van der Waals surface area contributed by atoms with E-state index >= 15 is 0 Å². The van der Waals surface area contributed by atoms with Crippen LogP contribution in [-0.2, 0) is 5.41 Å². The Morgan fingerprint density at radius 1 is 0.195 bits per heavy atom. The first-order valence-corrected chi connectivity index (χ1v) is 45.5. The standard InChI is InChI=1S/C123H78N2OS2/c1-2-26-96(27-3-1)123(111-36-13-8-33-109(111)121-112(123)37-20-40-115(121)125(114-39-15-10-30-102(114)94-61-70-106-105-32-12-17-42-118(105)127-119(106)77-94)100-68-57-84(58-69-100)82-45-49-86(50-46-82)91-54-52-80-22-5-7-24-89(80)74-91)97-28-18-25-93(75-97)103-34-19-35-108-107-71-62-95(78-120(107)128-122(103)108)101-29-9-14-38-113(101)124(99-66-59-87(60-67-99)92-63-72-117-110(76-92)104-31-11-16-41-116(104)126-117)98-64-55-83(56-65-98)81-43-47-85(48-44-81)90-53-51-79-21-4-6-23-88(79)73-90/h1-78H. The van der Waals surface area contributed by atoms with Gasteiger partial charge in [-0.2, -0.15) is 0 Å². The summed E-state index contributed by atoms with van der Waals surface area (Å²) in [5, 5.41) is 12.2. The number of hydrogen-bond donors (Lipinski definition) is 0. The van der Waals surface area contributed by atoms with Crippen LogP contribution in [0, 0.1) is 0 Å². The molecule has 0 saturated heterocycles. The normalized spacial score (nSPS) is 13.0. The quantitative estimate of drug-likeness (QED) is 0.0961. The molecule has 25 rings (SSSR count). The molecule has 0 bridgehead atoms. The number of hydrogen-bond acceptors (Lipinski definition) is 5. The molecule has 128 heavy (non-hydrogen) atoms. The molecule has 1 unspecified atom stereocenters. The molecule has 3 aromatic heterocycles. The van der Waals surface area contributed by atoms with E-state index in [0.717, 1.165) is 106 Å². The van der Waals surface area contributed by atoms with Crippen molar-refractivity contribution in [2.45, 2.75) is 5.41 Å². The van der Waals surface area contributed by atoms with Crippen molar-refractivity contribution in [1.82, 2.24) is 0 Å². The molecule has 5 heteroatoms. The molecule has 21 aromatic carbocycles. The molecule has 0 radical (unpaired) electrons. The van der Waals surface area contributed by atoms with E-state index in [9.17, 15) is 0 Å². The Balaban J connectivity index is 0.593. The van der Waals surface area contributed by atoms with E-state index in [1.165, 1.54) is 134 Å². The van der Waals surface area contributed by atoms with E-state index in [-0.39, 0.29) is 0 Å². The fourth-order valence-electron chi connectivity index (χ4n) is 20.4. The molecule has 1 aliphatic carbocycles. The summed E-state index contributed by atoms with van der Waals surface area (Å²) in [7, 11) is 0. The number of nitrogens with zero attached hydrogens (tertiary/aromatic N) is 2. The largest absolute Gasteiger partial charge is 0.456 e. The number of benzene rings is 21. The van der Waals surface area contributed by atoms with Gasteiger partial charge in [0.15, 0.2) is 0 Å². The molecule has 0 saturated carbocycles. The van der Waals surface area contributed by atoms with Crippen molar-refractivity contribution in [3.63, 3.8) is 0 Å². The third kappa shape index (κ3) is 12.6. The highest BCUT2D eigenvalue weighted by atomic mass is 32.1. The highest BCUT2D eigenvalue weighted by molar-refractivity contribution is 7.26. The maximum atomic E-state index is 6.29. The minimum absolute atomic E-state index is 0.745. The topological polar surface area (TPSA) is 19.6 Å². The summed E-state index contributed by atoms with van der Waals surface area (Å²) < 4.78 is 11.3. The van der Waals surface area contributed by atoms with Crippen LogP contribution in [0.3, 0.4) is 0 Å². The molecular formula is C123H78N2OS2. The van der Waals surface area contributed by atoms with E-state index in [0.29, 0.717) is 0 Å². The van der Waals surface area contributed by atoms with Gasteiger partial charge in [-0.1, -0.05) is 364 Å². The van der Waals surface area contributed by atoms with Crippen LogP contribution >= 0.6 is 22.7 Å². The molecule has 598 valence electrons. The summed E-state index contributed by atoms with van der Waals surface area (Å²) in [4.78, 5) is 4.98. The van der Waals surface area contributed by atoms with Crippen LogP contribution in [0.1, 0.15) is 22.3 Å². The van der Waals surface area contributed by atoms with E-state index in [2.05, 4.69) is 471 Å². The predicted octanol–water partition coefficient (Wildman–Crippen LogP) is 35.3. The minimum Gasteiger partial charge on any atom is -0.456 e. The van der Waals surface area contributed by atoms with Gasteiger partial charge in [-0.25, -0.2) is 0 Å². The first-order valence-electron chi connectivity index (χ1n) is 43.9. The van der Waals surface area contributed by atoms with Crippen LogP contribution in [0.5, 0.6) is 0 Å². The lowest BCUT2D eigenvalue weighted by Gasteiger charge is -2.35. The second kappa shape index (κ2) is 30.7. The van der Waals surface area contributed by atoms with Crippen molar-refractivity contribution in [2.24, 2.45) is 0 Å². The summed E-state index contributed by atoms with van der Waals surface area (Å²) in [6.45, 7) is 0. The molecule has 1 aliphatic rings. The fraction of sp³-hybridized carbons (Fsp3) is 0.00813. The SMILES string of the molecule is c1ccc(C2(c3cccc(-c4cccc5c4sc4cc(-c6ccccc6N(c6ccc(-c7ccc(-c8ccc9ccccc9c8)cc7)cc6)c6ccc(-c7ccc8oc9ccccc9c8c7)cc6)ccc45)c3)c3ccccc3-c3c(N(c4ccc(-c5ccc(-c6ccc7ccccc7c6)cc5)cc4)c4ccccc4-c4ccc5c(c4)sc4ccccc45)cccc32)cc1. The predicted molar refractivity (Wildman–Crippen MR) is 545 cm³/mol. The summed E-state index contributed by atoms with van der Waals surface area (Å²) in [6, 6.07) is 176. The second-order valence-corrected chi connectivity index (χ2v) is 35.8. The zero-order valence-corrected chi connectivity index (χ0v) is 71.3. The van der Waals surface area contributed by atoms with Gasteiger partial charge >= 0.3 is 0 Å². The Bertz CT molecular complexity index is 8490. The lowest BCUT2D eigenvalue weighted by Crippen LogP contribution is -2.28. The average Bonchev–Trinajstić information content (AvgIpc) is 1.53. The lowest BCUT2D eigenvalue weighted by atomic mass is 9.67. The highest BCUT2D eigenvalue weighted by Crippen LogP contribution is 2.61. The minimum atomic E-state index is -0.745.